The molecule has 0 unspecified atom stereocenters. The van der Waals surface area contributed by atoms with Crippen molar-refractivity contribution >= 4 is 16.1 Å². The van der Waals surface area contributed by atoms with Gasteiger partial charge in [0.2, 0.25) is 10.0 Å². The summed E-state index contributed by atoms with van der Waals surface area (Å²) in [5.74, 6) is 0. The number of nitrogens with one attached hydrogen (secondary N) is 1. The van der Waals surface area contributed by atoms with E-state index in [1.54, 1.807) is 7.05 Å². The van der Waals surface area contributed by atoms with E-state index in [9.17, 15) is 13.2 Å². The molecule has 2 fully saturated rings. The first kappa shape index (κ1) is 18.5. The third kappa shape index (κ3) is 5.61. The van der Waals surface area contributed by atoms with Crippen molar-refractivity contribution < 1.29 is 13.2 Å². The Morgan fingerprint density at radius 2 is 1.91 bits per heavy atom. The Kier molecular flexibility index (Phi) is 6.67. The quantitative estimate of drug-likeness (QED) is 0.713. The third-order valence-electron chi connectivity index (χ3n) is 4.83. The molecule has 134 valence electrons. The van der Waals surface area contributed by atoms with Gasteiger partial charge in [0.05, 0.1) is 6.26 Å². The SMILES string of the molecule is CN(CCCNC(=O)N1CCC[C@@H](N2CCCC2)C1)S(C)(=O)=O. The maximum Gasteiger partial charge on any atom is 0.317 e. The Hall–Kier alpha value is -0.860. The van der Waals surface area contributed by atoms with Crippen LogP contribution in [0.15, 0.2) is 0 Å². The number of urea groups is 1. The van der Waals surface area contributed by atoms with Gasteiger partial charge in [-0.2, -0.15) is 0 Å². The molecule has 23 heavy (non-hydrogen) atoms. The summed E-state index contributed by atoms with van der Waals surface area (Å²) in [4.78, 5) is 16.7. The Bertz CT molecular complexity index is 491. The van der Waals surface area contributed by atoms with Crippen molar-refractivity contribution in [1.82, 2.24) is 19.4 Å². The fraction of sp³-hybridized carbons (Fsp3) is 0.933. The van der Waals surface area contributed by atoms with Crippen LogP contribution >= 0.6 is 0 Å². The van der Waals surface area contributed by atoms with Crippen molar-refractivity contribution in [3.63, 3.8) is 0 Å². The first-order valence-corrected chi connectivity index (χ1v) is 10.4. The van der Waals surface area contributed by atoms with Gasteiger partial charge in [-0.05, 0) is 45.2 Å². The first-order valence-electron chi connectivity index (χ1n) is 8.56. The standard InChI is InChI=1S/C15H30N4O3S/c1-17(23(2,21)22)9-6-8-16-15(20)19-12-5-7-14(13-19)18-10-3-4-11-18/h14H,3-13H2,1-2H3,(H,16,20)/t14-/m1/s1. The van der Waals surface area contributed by atoms with Crippen LogP contribution < -0.4 is 5.32 Å². The van der Waals surface area contributed by atoms with Crippen LogP contribution in [-0.4, -0.2) is 87.2 Å². The van der Waals surface area contributed by atoms with E-state index in [4.69, 9.17) is 0 Å². The highest BCUT2D eigenvalue weighted by atomic mass is 32.2. The van der Waals surface area contributed by atoms with Gasteiger partial charge in [0, 0.05) is 39.3 Å². The first-order chi connectivity index (χ1) is 10.9. The molecule has 0 aliphatic carbocycles. The molecular weight excluding hydrogens is 316 g/mol. The molecule has 7 nitrogen and oxygen atoms in total. The highest BCUT2D eigenvalue weighted by molar-refractivity contribution is 7.88. The highest BCUT2D eigenvalue weighted by Gasteiger charge is 2.29. The molecule has 2 amide bonds. The van der Waals surface area contributed by atoms with Gasteiger partial charge in [-0.3, -0.25) is 4.90 Å². The maximum atomic E-state index is 12.3. The Balaban J connectivity index is 1.68. The van der Waals surface area contributed by atoms with Crippen molar-refractivity contribution in [1.29, 1.82) is 0 Å². The van der Waals surface area contributed by atoms with Crippen molar-refractivity contribution in [2.24, 2.45) is 0 Å². The second kappa shape index (κ2) is 8.30. The number of carbonyl (C=O) groups excluding carboxylic acids is 1. The minimum atomic E-state index is -3.14. The lowest BCUT2D eigenvalue weighted by Gasteiger charge is -2.37. The van der Waals surface area contributed by atoms with E-state index in [0.717, 1.165) is 32.6 Å². The number of piperidine rings is 1. The largest absolute Gasteiger partial charge is 0.338 e. The highest BCUT2D eigenvalue weighted by Crippen LogP contribution is 2.20. The van der Waals surface area contributed by atoms with Gasteiger partial charge < -0.3 is 10.2 Å². The fourth-order valence-corrected chi connectivity index (χ4v) is 3.78. The second-order valence-electron chi connectivity index (χ2n) is 6.66. The van der Waals surface area contributed by atoms with E-state index < -0.39 is 10.0 Å². The van der Waals surface area contributed by atoms with E-state index in [2.05, 4.69) is 10.2 Å². The Labute approximate surface area is 140 Å². The molecule has 0 spiro atoms. The summed E-state index contributed by atoms with van der Waals surface area (Å²) >= 11 is 0. The van der Waals surface area contributed by atoms with Gasteiger partial charge in [-0.25, -0.2) is 17.5 Å². The summed E-state index contributed by atoms with van der Waals surface area (Å²) in [6, 6.07) is 0.490. The van der Waals surface area contributed by atoms with Crippen LogP contribution in [0.2, 0.25) is 0 Å². The van der Waals surface area contributed by atoms with E-state index >= 15 is 0 Å². The molecule has 2 aliphatic rings. The van der Waals surface area contributed by atoms with Crippen molar-refractivity contribution in [2.45, 2.75) is 38.1 Å². The normalized spacial score (nSPS) is 23.4. The van der Waals surface area contributed by atoms with Gasteiger partial charge in [0.15, 0.2) is 0 Å². The number of rotatable bonds is 6. The molecule has 2 heterocycles. The monoisotopic (exact) mass is 346 g/mol. The molecule has 2 rings (SSSR count). The lowest BCUT2D eigenvalue weighted by Crippen LogP contribution is -2.52. The molecule has 1 atom stereocenters. The van der Waals surface area contributed by atoms with Crippen LogP contribution in [0.3, 0.4) is 0 Å². The van der Waals surface area contributed by atoms with Crippen LogP contribution in [0.25, 0.3) is 0 Å². The fourth-order valence-electron chi connectivity index (χ4n) is 3.32. The Morgan fingerprint density at radius 3 is 2.57 bits per heavy atom. The van der Waals surface area contributed by atoms with Gasteiger partial charge in [0.1, 0.15) is 0 Å². The van der Waals surface area contributed by atoms with Crippen LogP contribution in [-0.2, 0) is 10.0 Å². The van der Waals surface area contributed by atoms with Crippen molar-refractivity contribution in [3.05, 3.63) is 0 Å². The molecule has 0 bridgehead atoms. The summed E-state index contributed by atoms with van der Waals surface area (Å²) < 4.78 is 23.9. The van der Waals surface area contributed by atoms with E-state index in [1.807, 2.05) is 4.90 Å². The predicted molar refractivity (Wildman–Crippen MR) is 90.9 cm³/mol. The minimum Gasteiger partial charge on any atom is -0.338 e. The summed E-state index contributed by atoms with van der Waals surface area (Å²) in [7, 11) is -1.58. The topological polar surface area (TPSA) is 73.0 Å². The number of sulfonamides is 1. The summed E-state index contributed by atoms with van der Waals surface area (Å²) in [6.45, 7) is 4.89. The summed E-state index contributed by atoms with van der Waals surface area (Å²) in [6.07, 6.45) is 6.61. The van der Waals surface area contributed by atoms with E-state index in [0.29, 0.717) is 25.6 Å². The maximum absolute atomic E-state index is 12.3. The van der Waals surface area contributed by atoms with Crippen LogP contribution in [0.5, 0.6) is 0 Å². The Morgan fingerprint density at radius 1 is 1.22 bits per heavy atom. The van der Waals surface area contributed by atoms with Gasteiger partial charge in [-0.15, -0.1) is 0 Å². The van der Waals surface area contributed by atoms with Crippen LogP contribution in [0.1, 0.15) is 32.1 Å². The molecule has 2 saturated heterocycles. The molecule has 0 aromatic carbocycles. The number of carbonyl (C=O) groups is 1. The van der Waals surface area contributed by atoms with Gasteiger partial charge in [-0.1, -0.05) is 0 Å². The second-order valence-corrected chi connectivity index (χ2v) is 8.74. The minimum absolute atomic E-state index is 0.0177. The van der Waals surface area contributed by atoms with Crippen molar-refractivity contribution in [2.75, 3.05) is 52.6 Å². The zero-order valence-electron chi connectivity index (χ0n) is 14.3. The molecular formula is C15H30N4O3S. The van der Waals surface area contributed by atoms with Gasteiger partial charge in [0.25, 0.3) is 0 Å². The zero-order valence-corrected chi connectivity index (χ0v) is 15.1. The number of likely N-dealkylation sites (tertiary alicyclic amines) is 2. The lowest BCUT2D eigenvalue weighted by atomic mass is 10.0. The average molecular weight is 346 g/mol. The summed E-state index contributed by atoms with van der Waals surface area (Å²) in [5.41, 5.74) is 0. The van der Waals surface area contributed by atoms with Crippen LogP contribution in [0.4, 0.5) is 4.79 Å². The summed E-state index contributed by atoms with van der Waals surface area (Å²) in [5, 5.41) is 2.92. The molecule has 1 N–H and O–H groups in total. The van der Waals surface area contributed by atoms with E-state index in [1.165, 1.54) is 29.8 Å². The van der Waals surface area contributed by atoms with Crippen LogP contribution in [0, 0.1) is 0 Å². The molecule has 0 saturated carbocycles. The van der Waals surface area contributed by atoms with Crippen molar-refractivity contribution in [3.8, 4) is 0 Å². The average Bonchev–Trinajstić information content (AvgIpc) is 3.04. The molecule has 0 aromatic heterocycles. The predicted octanol–water partition coefficient (Wildman–Crippen LogP) is 0.538. The molecule has 0 radical (unpaired) electrons. The number of hydrogen-bond donors (Lipinski definition) is 1. The number of amides is 2. The number of nitrogens with zero attached hydrogens (tertiary/aromatic N) is 3. The van der Waals surface area contributed by atoms with E-state index in [-0.39, 0.29) is 6.03 Å². The number of hydrogen-bond acceptors (Lipinski definition) is 4. The lowest BCUT2D eigenvalue weighted by molar-refractivity contribution is 0.125. The van der Waals surface area contributed by atoms with Gasteiger partial charge >= 0.3 is 6.03 Å². The molecule has 0 aromatic rings. The third-order valence-corrected chi connectivity index (χ3v) is 6.15. The smallest absolute Gasteiger partial charge is 0.317 e. The zero-order chi connectivity index (χ0) is 16.9. The molecule has 8 heteroatoms. The molecule has 2 aliphatic heterocycles.